The van der Waals surface area contributed by atoms with Gasteiger partial charge >= 0.3 is 0 Å². The topological polar surface area (TPSA) is 63.8 Å². The summed E-state index contributed by atoms with van der Waals surface area (Å²) in [5.74, 6) is 0.646. The minimum Gasteiger partial charge on any atom is -0.388 e. The third-order valence-electron chi connectivity index (χ3n) is 1.68. The maximum atomic E-state index is 8.92. The van der Waals surface area contributed by atoms with Crippen molar-refractivity contribution in [3.05, 3.63) is 30.1 Å². The Morgan fingerprint density at radius 3 is 3.15 bits per heavy atom. The lowest BCUT2D eigenvalue weighted by molar-refractivity contribution is 0.266. The number of aliphatic hydroxyl groups is 1. The van der Waals surface area contributed by atoms with Crippen LogP contribution >= 0.6 is 11.7 Å². The minimum absolute atomic E-state index is 0.0510. The molecule has 1 N–H and O–H groups in total. The summed E-state index contributed by atoms with van der Waals surface area (Å²) in [5.41, 5.74) is 0.887. The summed E-state index contributed by atoms with van der Waals surface area (Å²) in [6.07, 6.45) is 5.18. The van der Waals surface area contributed by atoms with Gasteiger partial charge in [-0.2, -0.15) is 8.75 Å². The number of aromatic nitrogens is 4. The minimum atomic E-state index is -0.0510. The zero-order valence-electron chi connectivity index (χ0n) is 6.79. The Bertz CT molecular complexity index is 370. The number of nitrogens with zero attached hydrogens (tertiary/aromatic N) is 4. The molecular formula is C7H8N4OS. The van der Waals surface area contributed by atoms with Gasteiger partial charge in [-0.15, -0.1) is 0 Å². The maximum absolute atomic E-state index is 8.92. The van der Waals surface area contributed by atoms with Crippen LogP contribution in [0.1, 0.15) is 11.5 Å². The highest BCUT2D eigenvalue weighted by Crippen LogP contribution is 2.03. The SMILES string of the molecule is OCc1nccn1Cc1cnsn1. The van der Waals surface area contributed by atoms with Crippen molar-refractivity contribution in [2.24, 2.45) is 0 Å². The fourth-order valence-corrected chi connectivity index (χ4v) is 1.49. The lowest BCUT2D eigenvalue weighted by atomic mass is 10.4. The normalized spacial score (nSPS) is 10.5. The molecule has 5 nitrogen and oxygen atoms in total. The number of hydrogen-bond acceptors (Lipinski definition) is 5. The molecule has 68 valence electrons. The Balaban J connectivity index is 2.18. The number of hydrogen-bond donors (Lipinski definition) is 1. The van der Waals surface area contributed by atoms with E-state index in [0.29, 0.717) is 12.4 Å². The van der Waals surface area contributed by atoms with Crippen molar-refractivity contribution in [3.63, 3.8) is 0 Å². The maximum Gasteiger partial charge on any atom is 0.134 e. The van der Waals surface area contributed by atoms with Gasteiger partial charge in [-0.1, -0.05) is 0 Å². The van der Waals surface area contributed by atoms with Crippen LogP contribution in [0.5, 0.6) is 0 Å². The molecule has 13 heavy (non-hydrogen) atoms. The first-order chi connectivity index (χ1) is 6.40. The Hall–Kier alpha value is -1.27. The Morgan fingerprint density at radius 2 is 2.46 bits per heavy atom. The lowest BCUT2D eigenvalue weighted by Gasteiger charge is -2.01. The van der Waals surface area contributed by atoms with Crippen molar-refractivity contribution < 1.29 is 5.11 Å². The Kier molecular flexibility index (Phi) is 2.33. The van der Waals surface area contributed by atoms with Gasteiger partial charge in [-0.3, -0.25) is 0 Å². The highest BCUT2D eigenvalue weighted by molar-refractivity contribution is 6.99. The molecule has 0 aliphatic heterocycles. The van der Waals surface area contributed by atoms with Gasteiger partial charge in [0.25, 0.3) is 0 Å². The molecule has 0 radical (unpaired) electrons. The Labute approximate surface area is 79.0 Å². The molecule has 0 unspecified atom stereocenters. The summed E-state index contributed by atoms with van der Waals surface area (Å²) in [4.78, 5) is 3.98. The van der Waals surface area contributed by atoms with Crippen LogP contribution in [0.2, 0.25) is 0 Å². The van der Waals surface area contributed by atoms with E-state index < -0.39 is 0 Å². The lowest BCUT2D eigenvalue weighted by Crippen LogP contribution is -2.04. The third-order valence-corrected chi connectivity index (χ3v) is 2.20. The van der Waals surface area contributed by atoms with E-state index in [9.17, 15) is 0 Å². The summed E-state index contributed by atoms with van der Waals surface area (Å²) < 4.78 is 9.80. The van der Waals surface area contributed by atoms with E-state index in [1.54, 1.807) is 12.4 Å². The fourth-order valence-electron chi connectivity index (χ4n) is 1.06. The molecule has 0 amide bonds. The zero-order valence-corrected chi connectivity index (χ0v) is 7.61. The average Bonchev–Trinajstić information content (AvgIpc) is 2.76. The van der Waals surface area contributed by atoms with Gasteiger partial charge < -0.3 is 9.67 Å². The van der Waals surface area contributed by atoms with Gasteiger partial charge in [0.15, 0.2) is 0 Å². The van der Waals surface area contributed by atoms with E-state index >= 15 is 0 Å². The standard InChI is InChI=1S/C7H8N4OS/c12-5-7-8-1-2-11(7)4-6-3-9-13-10-6/h1-3,12H,4-5H2. The highest BCUT2D eigenvalue weighted by atomic mass is 32.1. The molecule has 0 aromatic carbocycles. The summed E-state index contributed by atoms with van der Waals surface area (Å²) in [7, 11) is 0. The molecule has 0 fully saturated rings. The van der Waals surface area contributed by atoms with E-state index in [-0.39, 0.29) is 6.61 Å². The summed E-state index contributed by atoms with van der Waals surface area (Å²) in [6, 6.07) is 0. The molecule has 2 rings (SSSR count). The van der Waals surface area contributed by atoms with Crippen molar-refractivity contribution in [2.45, 2.75) is 13.2 Å². The van der Waals surface area contributed by atoms with E-state index in [1.165, 1.54) is 11.7 Å². The van der Waals surface area contributed by atoms with Crippen molar-refractivity contribution >= 4 is 11.7 Å². The molecule has 0 aliphatic rings. The molecule has 0 atom stereocenters. The molecule has 6 heteroatoms. The van der Waals surface area contributed by atoms with Gasteiger partial charge in [-0.25, -0.2) is 4.98 Å². The van der Waals surface area contributed by atoms with Gasteiger partial charge in [0.1, 0.15) is 12.4 Å². The summed E-state index contributed by atoms with van der Waals surface area (Å²) in [6.45, 7) is 0.566. The monoisotopic (exact) mass is 196 g/mol. The molecular weight excluding hydrogens is 188 g/mol. The van der Waals surface area contributed by atoms with Crippen molar-refractivity contribution in [1.82, 2.24) is 18.3 Å². The van der Waals surface area contributed by atoms with Crippen LogP contribution in [0.3, 0.4) is 0 Å². The Morgan fingerprint density at radius 1 is 1.54 bits per heavy atom. The van der Waals surface area contributed by atoms with Gasteiger partial charge in [0.05, 0.1) is 30.2 Å². The van der Waals surface area contributed by atoms with Crippen LogP contribution in [0.15, 0.2) is 18.6 Å². The number of rotatable bonds is 3. The molecule has 0 aliphatic carbocycles. The molecule has 2 aromatic rings. The number of aliphatic hydroxyl groups excluding tert-OH is 1. The molecule has 0 saturated heterocycles. The van der Waals surface area contributed by atoms with Gasteiger partial charge in [0.2, 0.25) is 0 Å². The van der Waals surface area contributed by atoms with Crippen LogP contribution in [0.25, 0.3) is 0 Å². The van der Waals surface area contributed by atoms with Crippen molar-refractivity contribution in [2.75, 3.05) is 0 Å². The van der Waals surface area contributed by atoms with Crippen molar-refractivity contribution in [1.29, 1.82) is 0 Å². The fraction of sp³-hybridized carbons (Fsp3) is 0.286. The van der Waals surface area contributed by atoms with E-state index in [0.717, 1.165) is 5.69 Å². The average molecular weight is 196 g/mol. The largest absolute Gasteiger partial charge is 0.388 e. The third kappa shape index (κ3) is 1.73. The van der Waals surface area contributed by atoms with Crippen LogP contribution in [-0.2, 0) is 13.2 Å². The first-order valence-corrected chi connectivity index (χ1v) is 4.50. The second kappa shape index (κ2) is 3.63. The predicted octanol–water partition coefficient (Wildman–Crippen LogP) is 0.275. The first-order valence-electron chi connectivity index (χ1n) is 3.77. The molecule has 0 bridgehead atoms. The van der Waals surface area contributed by atoms with E-state index in [1.807, 2.05) is 10.8 Å². The molecule has 2 aromatic heterocycles. The molecule has 0 spiro atoms. The summed E-state index contributed by atoms with van der Waals surface area (Å²) >= 11 is 1.18. The van der Waals surface area contributed by atoms with Crippen molar-refractivity contribution in [3.8, 4) is 0 Å². The summed E-state index contributed by atoms with van der Waals surface area (Å²) in [5, 5.41) is 8.92. The highest BCUT2D eigenvalue weighted by Gasteiger charge is 2.02. The second-order valence-corrected chi connectivity index (χ2v) is 3.08. The van der Waals surface area contributed by atoms with Crippen LogP contribution in [-0.4, -0.2) is 23.4 Å². The van der Waals surface area contributed by atoms with Gasteiger partial charge in [-0.05, 0) is 0 Å². The van der Waals surface area contributed by atoms with Crippen LogP contribution in [0.4, 0.5) is 0 Å². The van der Waals surface area contributed by atoms with E-state index in [2.05, 4.69) is 13.7 Å². The predicted molar refractivity (Wildman–Crippen MR) is 47.2 cm³/mol. The van der Waals surface area contributed by atoms with E-state index in [4.69, 9.17) is 5.11 Å². The van der Waals surface area contributed by atoms with Gasteiger partial charge in [0, 0.05) is 12.4 Å². The molecule has 0 saturated carbocycles. The second-order valence-electron chi connectivity index (χ2n) is 2.53. The quantitative estimate of drug-likeness (QED) is 0.765. The first kappa shape index (κ1) is 8.33. The smallest absolute Gasteiger partial charge is 0.134 e. The zero-order chi connectivity index (χ0) is 9.10. The number of imidazole rings is 1. The van der Waals surface area contributed by atoms with Crippen LogP contribution < -0.4 is 0 Å². The van der Waals surface area contributed by atoms with Crippen LogP contribution in [0, 0.1) is 0 Å². The molecule has 2 heterocycles.